The van der Waals surface area contributed by atoms with E-state index in [1.807, 2.05) is 23.3 Å². The Morgan fingerprint density at radius 1 is 0.861 bits per heavy atom. The van der Waals surface area contributed by atoms with Gasteiger partial charge in [0, 0.05) is 0 Å². The molecule has 0 amide bonds. The molecule has 0 saturated carbocycles. The van der Waals surface area contributed by atoms with Gasteiger partial charge < -0.3 is 0 Å². The van der Waals surface area contributed by atoms with Gasteiger partial charge in [-0.2, -0.15) is 11.1 Å². The standard InChI is InChI=1S/C15H11.C9H13.C8H18Si.2ClH.Zr/c1-2-6-12(7-3-1)15-11-10-13-8-4-5-9-14(13)15;1-6-5-7(2)9(4)8(6)3;1-3-5-7-9-8-6-4-2;;;/h1-11H;6H,1-4H3;3-8H2,1-2H3;2*1H;/q2*-1;;;;+2. The summed E-state index contributed by atoms with van der Waals surface area (Å²) in [5.74, 6) is 0.560. The Kier molecular flexibility index (Phi) is 18.9. The SMILES string of the molecule is CC1=[C-]C(C)C(C)=C1C.CCCC[Si](=[Zr+2])CCCC.Cl.Cl.c1ccc(-c2c[cH-]c3ccccc23)cc1. The third-order valence-electron chi connectivity index (χ3n) is 6.67. The van der Waals surface area contributed by atoms with Crippen molar-refractivity contribution in [1.29, 1.82) is 0 Å². The minimum Gasteiger partial charge on any atom is -0.150 e. The molecule has 0 N–H and O–H groups in total. The molecule has 0 aromatic heterocycles. The molecule has 0 spiro atoms. The van der Waals surface area contributed by atoms with Crippen LogP contribution in [0.1, 0.15) is 67.2 Å². The topological polar surface area (TPSA) is 0 Å². The first-order chi connectivity index (χ1) is 16.4. The third-order valence-corrected chi connectivity index (χ3v) is 12.3. The zero-order valence-corrected chi connectivity index (χ0v) is 28.1. The Balaban J connectivity index is 0.000000521. The first-order valence-corrected chi connectivity index (χ1v) is 18.5. The van der Waals surface area contributed by atoms with Crippen LogP contribution in [-0.4, -0.2) is 5.43 Å². The minimum atomic E-state index is 0. The van der Waals surface area contributed by atoms with Crippen molar-refractivity contribution in [2.24, 2.45) is 5.92 Å². The molecule has 0 nitrogen and oxygen atoms in total. The molecule has 36 heavy (non-hydrogen) atoms. The van der Waals surface area contributed by atoms with Gasteiger partial charge in [-0.3, -0.25) is 6.08 Å². The van der Waals surface area contributed by atoms with Crippen LogP contribution in [0.25, 0.3) is 21.9 Å². The summed E-state index contributed by atoms with van der Waals surface area (Å²) in [4.78, 5) is 0. The second-order valence-corrected chi connectivity index (χ2v) is 16.7. The quantitative estimate of drug-likeness (QED) is 0.183. The van der Waals surface area contributed by atoms with E-state index in [0.29, 0.717) is 5.92 Å². The summed E-state index contributed by atoms with van der Waals surface area (Å²) in [5, 5.41) is 2.65. The van der Waals surface area contributed by atoms with E-state index in [9.17, 15) is 0 Å². The van der Waals surface area contributed by atoms with Crippen molar-refractivity contribution in [1.82, 2.24) is 0 Å². The van der Waals surface area contributed by atoms with E-state index in [-0.39, 0.29) is 30.2 Å². The molecule has 3 aromatic carbocycles. The maximum Gasteiger partial charge on any atom is -0.0623 e. The van der Waals surface area contributed by atoms with Gasteiger partial charge in [0.2, 0.25) is 0 Å². The van der Waals surface area contributed by atoms with E-state index >= 15 is 0 Å². The van der Waals surface area contributed by atoms with Crippen molar-refractivity contribution in [3.05, 3.63) is 89.5 Å². The van der Waals surface area contributed by atoms with Gasteiger partial charge in [0.15, 0.2) is 0 Å². The second-order valence-electron chi connectivity index (χ2n) is 9.31. The van der Waals surface area contributed by atoms with E-state index < -0.39 is 0 Å². The maximum absolute atomic E-state index is 3.36. The number of benzene rings is 2. The van der Waals surface area contributed by atoms with Crippen molar-refractivity contribution < 1.29 is 23.3 Å². The smallest absolute Gasteiger partial charge is 0.0623 e. The summed E-state index contributed by atoms with van der Waals surface area (Å²) in [7, 11) is 0. The molecule has 194 valence electrons. The average molecular weight is 619 g/mol. The van der Waals surface area contributed by atoms with Crippen LogP contribution in [0.15, 0.2) is 83.4 Å². The van der Waals surface area contributed by atoms with Crippen molar-refractivity contribution in [3.8, 4) is 11.1 Å². The molecule has 0 saturated heterocycles. The molecule has 0 fully saturated rings. The number of rotatable bonds is 7. The predicted octanol–water partition coefficient (Wildman–Crippen LogP) is 10.9. The summed E-state index contributed by atoms with van der Waals surface area (Å²) in [6.45, 7) is 13.3. The van der Waals surface area contributed by atoms with E-state index in [1.54, 1.807) is 12.1 Å². The summed E-state index contributed by atoms with van der Waals surface area (Å²) in [6.07, 6.45) is 9.13. The van der Waals surface area contributed by atoms with Gasteiger partial charge in [0.05, 0.1) is 0 Å². The largest absolute Gasteiger partial charge is 0.150 e. The number of unbranched alkanes of at least 4 members (excludes halogenated alkanes) is 2. The molecule has 1 aliphatic carbocycles. The molecule has 1 aliphatic rings. The van der Waals surface area contributed by atoms with Crippen molar-refractivity contribution in [2.75, 3.05) is 0 Å². The molecule has 0 radical (unpaired) electrons. The fourth-order valence-electron chi connectivity index (χ4n) is 4.09. The summed E-state index contributed by atoms with van der Waals surface area (Å²) in [5.41, 5.74) is 7.04. The Hall–Kier alpha value is -0.790. The summed E-state index contributed by atoms with van der Waals surface area (Å²) < 4.78 is 0. The predicted molar refractivity (Wildman–Crippen MR) is 165 cm³/mol. The van der Waals surface area contributed by atoms with E-state index in [4.69, 9.17) is 0 Å². The van der Waals surface area contributed by atoms with Crippen LogP contribution in [0.2, 0.25) is 12.1 Å². The average Bonchev–Trinajstić information content (AvgIpc) is 3.39. The molecule has 0 heterocycles. The van der Waals surface area contributed by atoms with Crippen LogP contribution in [0, 0.1) is 12.0 Å². The third kappa shape index (κ3) is 11.3. The van der Waals surface area contributed by atoms with Gasteiger partial charge in [-0.05, 0) is 0 Å². The molecule has 4 heteroatoms. The molecule has 4 rings (SSSR count). The van der Waals surface area contributed by atoms with Gasteiger partial charge in [-0.15, -0.1) is 78.4 Å². The van der Waals surface area contributed by atoms with Gasteiger partial charge in [0.25, 0.3) is 0 Å². The van der Waals surface area contributed by atoms with E-state index in [0.717, 1.165) is 0 Å². The number of allylic oxidation sites excluding steroid dienone is 4. The monoisotopic (exact) mass is 616 g/mol. The molecule has 0 aliphatic heterocycles. The number of halogens is 2. The van der Waals surface area contributed by atoms with E-state index in [2.05, 4.69) is 114 Å². The molecule has 0 bridgehead atoms. The van der Waals surface area contributed by atoms with Gasteiger partial charge in [-0.1, -0.05) is 68.7 Å². The van der Waals surface area contributed by atoms with E-state index in [1.165, 1.54) is 64.3 Å². The maximum atomic E-state index is 3.36. The van der Waals surface area contributed by atoms with Crippen molar-refractivity contribution in [2.45, 2.75) is 79.3 Å². The Bertz CT molecular complexity index is 1090. The van der Waals surface area contributed by atoms with Crippen molar-refractivity contribution >= 4 is 41.0 Å². The van der Waals surface area contributed by atoms with Gasteiger partial charge in [0.1, 0.15) is 0 Å². The normalized spacial score (nSPS) is 14.0. The number of fused-ring (bicyclic) bond motifs is 1. The first kappa shape index (κ1) is 35.2. The Labute approximate surface area is 248 Å². The van der Waals surface area contributed by atoms with Crippen molar-refractivity contribution in [3.63, 3.8) is 0 Å². The fraction of sp³-hybridized carbons (Fsp3) is 0.406. The molecule has 1 atom stereocenters. The number of hydrogen-bond donors (Lipinski definition) is 0. The van der Waals surface area contributed by atoms with Crippen LogP contribution in [0.5, 0.6) is 0 Å². The molecule has 1 unspecified atom stereocenters. The van der Waals surface area contributed by atoms with Crippen LogP contribution in [0.3, 0.4) is 0 Å². The molecular weight excluding hydrogens is 575 g/mol. The summed E-state index contributed by atoms with van der Waals surface area (Å²) >= 11 is 1.86. The minimum absolute atomic E-state index is 0. The van der Waals surface area contributed by atoms with Crippen LogP contribution in [0.4, 0.5) is 0 Å². The zero-order valence-electron chi connectivity index (χ0n) is 23.0. The Morgan fingerprint density at radius 2 is 1.42 bits per heavy atom. The van der Waals surface area contributed by atoms with Gasteiger partial charge >= 0.3 is 80.4 Å². The zero-order chi connectivity index (χ0) is 24.9. The summed E-state index contributed by atoms with van der Waals surface area (Å²) in [6, 6.07) is 26.6. The first-order valence-electron chi connectivity index (χ1n) is 12.9. The van der Waals surface area contributed by atoms with Crippen LogP contribution < -0.4 is 0 Å². The fourth-order valence-corrected chi connectivity index (χ4v) is 8.50. The number of hydrogen-bond acceptors (Lipinski definition) is 0. The Morgan fingerprint density at radius 3 is 1.89 bits per heavy atom. The van der Waals surface area contributed by atoms with Crippen LogP contribution >= 0.6 is 24.8 Å². The van der Waals surface area contributed by atoms with Gasteiger partial charge in [-0.25, -0.2) is 5.57 Å². The second kappa shape index (κ2) is 19.3. The molecule has 3 aromatic rings. The van der Waals surface area contributed by atoms with Crippen LogP contribution in [-0.2, 0) is 23.3 Å². The molecular formula is C32H44Cl2SiZr.